The number of nitro groups is 1. The van der Waals surface area contributed by atoms with Crippen LogP contribution in [0.15, 0.2) is 66.9 Å². The zero-order valence-corrected chi connectivity index (χ0v) is 20.4. The second-order valence-electron chi connectivity index (χ2n) is 9.11. The fourth-order valence-corrected chi connectivity index (χ4v) is 3.79. The van der Waals surface area contributed by atoms with Gasteiger partial charge in [0, 0.05) is 35.6 Å². The third-order valence-electron chi connectivity index (χ3n) is 5.54. The number of nitrogens with two attached hydrogens (primary N) is 1. The summed E-state index contributed by atoms with van der Waals surface area (Å²) >= 11 is 0. The monoisotopic (exact) mass is 486 g/mol. The molecule has 0 aliphatic rings. The number of benzene rings is 2. The topological polar surface area (TPSA) is 138 Å². The number of primary amides is 1. The van der Waals surface area contributed by atoms with Crippen LogP contribution < -0.4 is 15.8 Å². The molecule has 4 rings (SSSR count). The summed E-state index contributed by atoms with van der Waals surface area (Å²) in [6, 6.07) is 17.2. The van der Waals surface area contributed by atoms with Gasteiger partial charge in [0.2, 0.25) is 5.88 Å². The number of hydrogen-bond acceptors (Lipinski definition) is 7. The van der Waals surface area contributed by atoms with E-state index in [-0.39, 0.29) is 11.3 Å². The number of nitrogens with one attached hydrogen (secondary N) is 1. The zero-order chi connectivity index (χ0) is 26.0. The number of hydrogen-bond donors (Lipinski definition) is 2. The molecule has 2 aromatic carbocycles. The number of pyridine rings is 1. The first-order valence-electron chi connectivity index (χ1n) is 11.1. The standard InChI is InChI=1S/C26H26N6O4/c1-26(2,3)31-25(29-19-13-14-28-21(15-19)36-4)22(24(27)33)23(30-31)18-7-5-16(6-8-18)17-9-11-20(12-10-17)32(34)35/h5-15H,1-4H3,(H2,27,33)(H,28,29). The molecule has 0 saturated heterocycles. The van der Waals surface area contributed by atoms with Crippen molar-refractivity contribution in [1.29, 1.82) is 0 Å². The predicted octanol–water partition coefficient (Wildman–Crippen LogP) is 5.13. The van der Waals surface area contributed by atoms with Crippen LogP contribution >= 0.6 is 0 Å². The van der Waals surface area contributed by atoms with E-state index < -0.39 is 16.4 Å². The van der Waals surface area contributed by atoms with Crippen molar-refractivity contribution in [3.8, 4) is 28.3 Å². The van der Waals surface area contributed by atoms with E-state index in [1.54, 1.807) is 35.1 Å². The third kappa shape index (κ3) is 4.88. The number of carbonyl (C=O) groups excluding carboxylic acids is 1. The number of anilines is 2. The third-order valence-corrected chi connectivity index (χ3v) is 5.54. The summed E-state index contributed by atoms with van der Waals surface area (Å²) in [7, 11) is 1.53. The van der Waals surface area contributed by atoms with Gasteiger partial charge in [0.05, 0.1) is 17.6 Å². The number of carbonyl (C=O) groups is 1. The molecule has 0 unspecified atom stereocenters. The second kappa shape index (κ2) is 9.49. The minimum absolute atomic E-state index is 0.0287. The molecule has 0 aliphatic heterocycles. The second-order valence-corrected chi connectivity index (χ2v) is 9.11. The van der Waals surface area contributed by atoms with E-state index in [1.165, 1.54) is 19.2 Å². The van der Waals surface area contributed by atoms with Gasteiger partial charge in [0.1, 0.15) is 17.1 Å². The highest BCUT2D eigenvalue weighted by atomic mass is 16.6. The minimum Gasteiger partial charge on any atom is -0.481 e. The maximum Gasteiger partial charge on any atom is 0.269 e. The van der Waals surface area contributed by atoms with Gasteiger partial charge in [0.15, 0.2) is 0 Å². The maximum atomic E-state index is 12.7. The first-order valence-corrected chi connectivity index (χ1v) is 11.1. The van der Waals surface area contributed by atoms with Crippen molar-refractivity contribution in [3.05, 3.63) is 82.5 Å². The van der Waals surface area contributed by atoms with Gasteiger partial charge in [0.25, 0.3) is 11.6 Å². The van der Waals surface area contributed by atoms with E-state index in [1.807, 2.05) is 45.0 Å². The largest absolute Gasteiger partial charge is 0.481 e. The Kier molecular flexibility index (Phi) is 6.43. The van der Waals surface area contributed by atoms with Crippen molar-refractivity contribution < 1.29 is 14.5 Å². The molecule has 4 aromatic rings. The van der Waals surface area contributed by atoms with Crippen LogP contribution in [0.2, 0.25) is 0 Å². The predicted molar refractivity (Wildman–Crippen MR) is 137 cm³/mol. The summed E-state index contributed by atoms with van der Waals surface area (Å²) in [6.07, 6.45) is 1.60. The van der Waals surface area contributed by atoms with Crippen LogP contribution in [-0.2, 0) is 5.54 Å². The molecule has 184 valence electrons. The molecule has 0 saturated carbocycles. The number of methoxy groups -OCH3 is 1. The molecular weight excluding hydrogens is 460 g/mol. The Morgan fingerprint density at radius 2 is 1.61 bits per heavy atom. The van der Waals surface area contributed by atoms with Gasteiger partial charge in [-0.2, -0.15) is 5.10 Å². The Balaban J connectivity index is 1.78. The number of non-ortho nitro benzene ring substituents is 1. The number of rotatable bonds is 7. The van der Waals surface area contributed by atoms with E-state index in [0.29, 0.717) is 28.6 Å². The molecule has 1 amide bonds. The summed E-state index contributed by atoms with van der Waals surface area (Å²) in [5, 5.41) is 19.0. The van der Waals surface area contributed by atoms with Crippen LogP contribution in [0.4, 0.5) is 17.2 Å². The summed E-state index contributed by atoms with van der Waals surface area (Å²) in [5.74, 6) is 0.255. The minimum atomic E-state index is -0.622. The van der Waals surface area contributed by atoms with Crippen LogP contribution in [0.25, 0.3) is 22.4 Å². The van der Waals surface area contributed by atoms with Crippen molar-refractivity contribution in [3.63, 3.8) is 0 Å². The molecule has 2 aromatic heterocycles. The van der Waals surface area contributed by atoms with Gasteiger partial charge < -0.3 is 15.8 Å². The smallest absolute Gasteiger partial charge is 0.269 e. The summed E-state index contributed by atoms with van der Waals surface area (Å²) in [5.41, 5.74) is 9.17. The van der Waals surface area contributed by atoms with Crippen LogP contribution in [0.5, 0.6) is 5.88 Å². The van der Waals surface area contributed by atoms with Gasteiger partial charge in [-0.25, -0.2) is 9.67 Å². The summed E-state index contributed by atoms with van der Waals surface area (Å²) in [6.45, 7) is 5.93. The quantitative estimate of drug-likeness (QED) is 0.273. The Morgan fingerprint density at radius 3 is 2.14 bits per heavy atom. The lowest BCUT2D eigenvalue weighted by Crippen LogP contribution is -2.25. The lowest BCUT2D eigenvalue weighted by atomic mass is 10.0. The highest BCUT2D eigenvalue weighted by Gasteiger charge is 2.29. The normalized spacial score (nSPS) is 11.2. The van der Waals surface area contributed by atoms with Crippen LogP contribution in [0.3, 0.4) is 0 Å². The highest BCUT2D eigenvalue weighted by Crippen LogP contribution is 2.35. The van der Waals surface area contributed by atoms with Gasteiger partial charge in [-0.1, -0.05) is 24.3 Å². The number of amides is 1. The number of ether oxygens (including phenoxy) is 1. The molecule has 0 fully saturated rings. The van der Waals surface area contributed by atoms with Crippen molar-refractivity contribution in [2.45, 2.75) is 26.3 Å². The molecule has 2 heterocycles. The molecule has 10 nitrogen and oxygen atoms in total. The molecule has 0 aliphatic carbocycles. The SMILES string of the molecule is COc1cc(Nc2c(C(N)=O)c(-c3ccc(-c4ccc([N+](=O)[O-])cc4)cc3)nn2C(C)(C)C)ccn1. The summed E-state index contributed by atoms with van der Waals surface area (Å²) in [4.78, 5) is 27.3. The fourth-order valence-electron chi connectivity index (χ4n) is 3.79. The average Bonchev–Trinajstić information content (AvgIpc) is 3.24. The highest BCUT2D eigenvalue weighted by molar-refractivity contribution is 6.04. The molecule has 0 atom stereocenters. The van der Waals surface area contributed by atoms with E-state index in [4.69, 9.17) is 15.6 Å². The Hall–Kier alpha value is -4.73. The van der Waals surface area contributed by atoms with Gasteiger partial charge >= 0.3 is 0 Å². The van der Waals surface area contributed by atoms with E-state index in [2.05, 4.69) is 10.3 Å². The van der Waals surface area contributed by atoms with Crippen LogP contribution in [0.1, 0.15) is 31.1 Å². The zero-order valence-electron chi connectivity index (χ0n) is 20.4. The van der Waals surface area contributed by atoms with Crippen molar-refractivity contribution in [1.82, 2.24) is 14.8 Å². The Morgan fingerprint density at radius 1 is 1.03 bits per heavy atom. The van der Waals surface area contributed by atoms with Crippen LogP contribution in [0, 0.1) is 10.1 Å². The van der Waals surface area contributed by atoms with E-state index >= 15 is 0 Å². The van der Waals surface area contributed by atoms with Crippen molar-refractivity contribution in [2.75, 3.05) is 12.4 Å². The fraction of sp³-hybridized carbons (Fsp3) is 0.192. The first kappa shape index (κ1) is 24.4. The number of aromatic nitrogens is 3. The van der Waals surface area contributed by atoms with Gasteiger partial charge in [-0.3, -0.25) is 14.9 Å². The lowest BCUT2D eigenvalue weighted by molar-refractivity contribution is -0.384. The van der Waals surface area contributed by atoms with Crippen LogP contribution in [-0.4, -0.2) is 32.7 Å². The molecule has 0 radical (unpaired) electrons. The average molecular weight is 487 g/mol. The van der Waals surface area contributed by atoms with Crippen molar-refractivity contribution in [2.24, 2.45) is 5.73 Å². The lowest BCUT2D eigenvalue weighted by Gasteiger charge is -2.23. The molecule has 36 heavy (non-hydrogen) atoms. The Labute approximate surface area is 207 Å². The number of nitrogens with zero attached hydrogens (tertiary/aromatic N) is 4. The first-order chi connectivity index (χ1) is 17.1. The molecule has 10 heteroatoms. The summed E-state index contributed by atoms with van der Waals surface area (Å²) < 4.78 is 6.95. The van der Waals surface area contributed by atoms with E-state index in [9.17, 15) is 14.9 Å². The molecule has 3 N–H and O–H groups in total. The van der Waals surface area contributed by atoms with Gasteiger partial charge in [-0.05, 0) is 50.1 Å². The molecule has 0 bridgehead atoms. The maximum absolute atomic E-state index is 12.7. The van der Waals surface area contributed by atoms with E-state index in [0.717, 1.165) is 11.1 Å². The molecule has 0 spiro atoms. The Bertz CT molecular complexity index is 1420. The van der Waals surface area contributed by atoms with Gasteiger partial charge in [-0.15, -0.1) is 0 Å². The molecular formula is C26H26N6O4. The van der Waals surface area contributed by atoms with Crippen molar-refractivity contribution >= 4 is 23.1 Å². The number of nitro benzene ring substituents is 1.